The van der Waals surface area contributed by atoms with Gasteiger partial charge in [0.1, 0.15) is 5.75 Å². The van der Waals surface area contributed by atoms with Crippen molar-refractivity contribution in [3.8, 4) is 5.75 Å². The van der Waals surface area contributed by atoms with Crippen LogP contribution < -0.4 is 14.8 Å². The number of carbonyl (C=O) groups excluding carboxylic acids is 1. The van der Waals surface area contributed by atoms with E-state index < -0.39 is 26.0 Å². The Morgan fingerprint density at radius 2 is 1.57 bits per heavy atom. The van der Waals surface area contributed by atoms with Crippen molar-refractivity contribution in [2.45, 2.75) is 29.6 Å². The second kappa shape index (κ2) is 10.7. The van der Waals surface area contributed by atoms with E-state index in [9.17, 15) is 21.6 Å². The highest BCUT2D eigenvalue weighted by molar-refractivity contribution is 7.92. The van der Waals surface area contributed by atoms with Crippen molar-refractivity contribution < 1.29 is 26.4 Å². The van der Waals surface area contributed by atoms with Crippen molar-refractivity contribution >= 4 is 48.9 Å². The SMILES string of the molecule is COc1ccc(S(=O)(=O)N2CCCC2)cc1C(=O)Nc1ccc(S(=O)(=O)Nc2cc(Cl)ccc2C)cc1. The molecular weight excluding hydrogens is 538 g/mol. The number of methoxy groups -OCH3 is 1. The number of carbonyl (C=O) groups is 1. The fourth-order valence-electron chi connectivity index (χ4n) is 3.93. The van der Waals surface area contributed by atoms with E-state index >= 15 is 0 Å². The number of aryl methyl sites for hydroxylation is 1. The quantitative estimate of drug-likeness (QED) is 0.416. The average molecular weight is 564 g/mol. The van der Waals surface area contributed by atoms with Crippen molar-refractivity contribution in [3.05, 3.63) is 76.8 Å². The van der Waals surface area contributed by atoms with Crippen molar-refractivity contribution in [2.75, 3.05) is 30.2 Å². The van der Waals surface area contributed by atoms with Gasteiger partial charge in [0.15, 0.2) is 0 Å². The van der Waals surface area contributed by atoms with Crippen LogP contribution in [0.5, 0.6) is 5.75 Å². The summed E-state index contributed by atoms with van der Waals surface area (Å²) in [5.41, 5.74) is 1.43. The molecule has 12 heteroatoms. The highest BCUT2D eigenvalue weighted by atomic mass is 35.5. The van der Waals surface area contributed by atoms with Crippen LogP contribution in [0.25, 0.3) is 0 Å². The molecule has 37 heavy (non-hydrogen) atoms. The molecule has 0 saturated carbocycles. The molecule has 0 radical (unpaired) electrons. The number of benzene rings is 3. The topological polar surface area (TPSA) is 122 Å². The van der Waals surface area contributed by atoms with Gasteiger partial charge in [0.2, 0.25) is 10.0 Å². The van der Waals surface area contributed by atoms with E-state index in [-0.39, 0.29) is 21.1 Å². The second-order valence-corrected chi connectivity index (χ2v) is 12.6. The molecule has 2 N–H and O–H groups in total. The summed E-state index contributed by atoms with van der Waals surface area (Å²) < 4.78 is 60.7. The Morgan fingerprint density at radius 1 is 0.919 bits per heavy atom. The molecule has 0 aromatic heterocycles. The second-order valence-electron chi connectivity index (χ2n) is 8.52. The van der Waals surface area contributed by atoms with Crippen LogP contribution in [0, 0.1) is 6.92 Å². The number of halogens is 1. The summed E-state index contributed by atoms with van der Waals surface area (Å²) in [6.45, 7) is 2.64. The minimum atomic E-state index is -3.90. The number of nitrogens with one attached hydrogen (secondary N) is 2. The lowest BCUT2D eigenvalue weighted by molar-refractivity contribution is 0.102. The van der Waals surface area contributed by atoms with Gasteiger partial charge < -0.3 is 10.1 Å². The highest BCUT2D eigenvalue weighted by Crippen LogP contribution is 2.28. The summed E-state index contributed by atoms with van der Waals surface area (Å²) in [6, 6.07) is 14.6. The molecule has 0 atom stereocenters. The summed E-state index contributed by atoms with van der Waals surface area (Å²) in [6.07, 6.45) is 1.59. The van der Waals surface area contributed by atoms with E-state index in [1.807, 2.05) is 0 Å². The van der Waals surface area contributed by atoms with Crippen molar-refractivity contribution in [2.24, 2.45) is 0 Å². The fourth-order valence-corrected chi connectivity index (χ4v) is 6.76. The molecule has 0 unspecified atom stereocenters. The number of nitrogens with zero attached hydrogens (tertiary/aromatic N) is 1. The molecule has 1 fully saturated rings. The predicted octanol–water partition coefficient (Wildman–Crippen LogP) is 4.49. The summed E-state index contributed by atoms with van der Waals surface area (Å²) in [5.74, 6) is -0.392. The third-order valence-corrected chi connectivity index (χ3v) is 9.50. The first-order chi connectivity index (χ1) is 17.5. The van der Waals surface area contributed by atoms with Gasteiger partial charge in [-0.1, -0.05) is 17.7 Å². The molecule has 1 amide bonds. The molecule has 3 aromatic rings. The minimum Gasteiger partial charge on any atom is -0.496 e. The summed E-state index contributed by atoms with van der Waals surface area (Å²) in [4.78, 5) is 13.0. The van der Waals surface area contributed by atoms with Gasteiger partial charge in [-0.05, 0) is 79.9 Å². The predicted molar refractivity (Wildman–Crippen MR) is 142 cm³/mol. The van der Waals surface area contributed by atoms with Crippen LogP contribution in [0.3, 0.4) is 0 Å². The zero-order chi connectivity index (χ0) is 26.8. The monoisotopic (exact) mass is 563 g/mol. The molecule has 1 aliphatic heterocycles. The normalized spacial score (nSPS) is 14.4. The molecule has 0 bridgehead atoms. The van der Waals surface area contributed by atoms with Crippen LogP contribution in [0.4, 0.5) is 11.4 Å². The van der Waals surface area contributed by atoms with Crippen LogP contribution in [0.1, 0.15) is 28.8 Å². The molecule has 1 heterocycles. The molecule has 0 aliphatic carbocycles. The summed E-state index contributed by atoms with van der Waals surface area (Å²) >= 11 is 5.98. The third-order valence-electron chi connectivity index (χ3n) is 5.98. The first-order valence-electron chi connectivity index (χ1n) is 11.4. The molecule has 0 spiro atoms. The van der Waals surface area contributed by atoms with E-state index in [0.29, 0.717) is 35.1 Å². The lowest BCUT2D eigenvalue weighted by Gasteiger charge is -2.17. The number of hydrogen-bond acceptors (Lipinski definition) is 6. The number of anilines is 2. The Kier molecular flexibility index (Phi) is 7.79. The number of amides is 1. The van der Waals surface area contributed by atoms with Crippen LogP contribution in [0.15, 0.2) is 70.5 Å². The maximum absolute atomic E-state index is 13.0. The standard InChI is InChI=1S/C25H26ClN3O6S2/c1-17-5-6-18(26)15-23(17)28-36(31,32)20-9-7-19(8-10-20)27-25(30)22-16-21(11-12-24(22)35-2)37(33,34)29-13-3-4-14-29/h5-12,15-16,28H,3-4,13-14H2,1-2H3,(H,27,30). The van der Waals surface area contributed by atoms with Gasteiger partial charge in [0.25, 0.3) is 15.9 Å². The van der Waals surface area contributed by atoms with Gasteiger partial charge >= 0.3 is 0 Å². The Morgan fingerprint density at radius 3 is 2.22 bits per heavy atom. The molecule has 9 nitrogen and oxygen atoms in total. The van der Waals surface area contributed by atoms with Gasteiger partial charge in [-0.2, -0.15) is 4.31 Å². The molecule has 1 aliphatic rings. The fraction of sp³-hybridized carbons (Fsp3) is 0.240. The van der Waals surface area contributed by atoms with Gasteiger partial charge in [-0.3, -0.25) is 9.52 Å². The average Bonchev–Trinajstić information content (AvgIpc) is 3.42. The van der Waals surface area contributed by atoms with Gasteiger partial charge in [0, 0.05) is 23.8 Å². The Hall–Kier alpha value is -3.12. The summed E-state index contributed by atoms with van der Waals surface area (Å²) in [7, 11) is -6.25. The lowest BCUT2D eigenvalue weighted by Crippen LogP contribution is -2.28. The molecule has 3 aromatic carbocycles. The van der Waals surface area contributed by atoms with E-state index in [1.165, 1.54) is 59.9 Å². The molecule has 4 rings (SSSR count). The molecular formula is C25H26ClN3O6S2. The van der Waals surface area contributed by atoms with Gasteiger partial charge in [-0.15, -0.1) is 0 Å². The third kappa shape index (κ3) is 5.90. The van der Waals surface area contributed by atoms with Crippen LogP contribution in [0.2, 0.25) is 5.02 Å². The molecule has 196 valence electrons. The molecule has 1 saturated heterocycles. The maximum atomic E-state index is 13.0. The first-order valence-corrected chi connectivity index (χ1v) is 14.7. The van der Waals surface area contributed by atoms with Crippen LogP contribution in [-0.2, 0) is 20.0 Å². The number of sulfonamides is 2. The largest absolute Gasteiger partial charge is 0.496 e. The van der Waals surface area contributed by atoms with E-state index in [2.05, 4.69) is 10.0 Å². The zero-order valence-electron chi connectivity index (χ0n) is 20.2. The number of ether oxygens (including phenoxy) is 1. The number of rotatable bonds is 8. The van der Waals surface area contributed by atoms with Crippen LogP contribution >= 0.6 is 11.6 Å². The van der Waals surface area contributed by atoms with Gasteiger partial charge in [-0.25, -0.2) is 16.8 Å². The Bertz CT molecular complexity index is 1540. The maximum Gasteiger partial charge on any atom is 0.261 e. The summed E-state index contributed by atoms with van der Waals surface area (Å²) in [5, 5.41) is 3.06. The van der Waals surface area contributed by atoms with Crippen molar-refractivity contribution in [1.29, 1.82) is 0 Å². The highest BCUT2D eigenvalue weighted by Gasteiger charge is 2.28. The zero-order valence-corrected chi connectivity index (χ0v) is 22.6. The minimum absolute atomic E-state index is 0.00387. The van der Waals surface area contributed by atoms with Crippen LogP contribution in [-0.4, -0.2) is 47.2 Å². The number of hydrogen-bond donors (Lipinski definition) is 2. The van der Waals surface area contributed by atoms with E-state index in [0.717, 1.165) is 12.8 Å². The smallest absolute Gasteiger partial charge is 0.261 e. The Balaban J connectivity index is 1.54. The van der Waals surface area contributed by atoms with E-state index in [1.54, 1.807) is 19.1 Å². The Labute approximate surface area is 221 Å². The van der Waals surface area contributed by atoms with Crippen molar-refractivity contribution in [3.63, 3.8) is 0 Å². The first kappa shape index (κ1) is 26.9. The lowest BCUT2D eigenvalue weighted by atomic mass is 10.2. The van der Waals surface area contributed by atoms with Gasteiger partial charge in [0.05, 0.1) is 28.2 Å². The van der Waals surface area contributed by atoms with E-state index in [4.69, 9.17) is 16.3 Å². The van der Waals surface area contributed by atoms with Crippen molar-refractivity contribution in [1.82, 2.24) is 4.31 Å².